The summed E-state index contributed by atoms with van der Waals surface area (Å²) in [5.41, 5.74) is 0.141. The minimum Gasteiger partial charge on any atom is -0.387 e. The summed E-state index contributed by atoms with van der Waals surface area (Å²) in [7, 11) is 1.73. The molecule has 4 aliphatic carbocycles. The Labute approximate surface area is 165 Å². The maximum atomic E-state index is 10.9. The molecule has 1 N–H and O–H groups in total. The molecule has 0 aromatic rings. The summed E-state index contributed by atoms with van der Waals surface area (Å²) in [4.78, 5) is 0. The van der Waals surface area contributed by atoms with Gasteiger partial charge < -0.3 is 14.6 Å². The SMILES string of the molecule is COC[C@@]1(O)CC[C@H]2[C@H](CC[C@@H]3[C@@H]2CC[C@]2(C)[C@@H](C4(C)CO4)CCC[C@@H]32)C1. The van der Waals surface area contributed by atoms with Gasteiger partial charge in [-0.15, -0.1) is 0 Å². The third kappa shape index (κ3) is 2.94. The molecule has 0 spiro atoms. The zero-order valence-electron chi connectivity index (χ0n) is 17.7. The summed E-state index contributed by atoms with van der Waals surface area (Å²) in [6.07, 6.45) is 13.0. The molecule has 154 valence electrons. The van der Waals surface area contributed by atoms with Crippen LogP contribution in [0.25, 0.3) is 0 Å². The Morgan fingerprint density at radius 1 is 0.963 bits per heavy atom. The van der Waals surface area contributed by atoms with Crippen LogP contribution in [0.15, 0.2) is 0 Å². The van der Waals surface area contributed by atoms with E-state index in [-0.39, 0.29) is 5.60 Å². The van der Waals surface area contributed by atoms with Crippen LogP contribution in [0.2, 0.25) is 0 Å². The lowest BCUT2D eigenvalue weighted by Crippen LogP contribution is -2.56. The van der Waals surface area contributed by atoms with Gasteiger partial charge in [-0.2, -0.15) is 0 Å². The summed E-state index contributed by atoms with van der Waals surface area (Å²) in [6, 6.07) is 0. The molecule has 1 aliphatic heterocycles. The maximum Gasteiger partial charge on any atom is 0.0921 e. The van der Waals surface area contributed by atoms with E-state index in [1.807, 2.05) is 0 Å². The molecule has 5 aliphatic rings. The van der Waals surface area contributed by atoms with Crippen LogP contribution in [0, 0.1) is 40.9 Å². The van der Waals surface area contributed by atoms with E-state index in [0.29, 0.717) is 12.0 Å². The van der Waals surface area contributed by atoms with E-state index in [1.165, 1.54) is 51.4 Å². The summed E-state index contributed by atoms with van der Waals surface area (Å²) in [5, 5.41) is 10.9. The lowest BCUT2D eigenvalue weighted by atomic mass is 9.44. The molecule has 1 unspecified atom stereocenters. The Kier molecular flexibility index (Phi) is 4.50. The molecule has 0 amide bonds. The molecule has 1 heterocycles. The molecule has 5 fully saturated rings. The topological polar surface area (TPSA) is 42.0 Å². The number of hydrogen-bond acceptors (Lipinski definition) is 3. The first kappa shape index (κ1) is 18.9. The molecular formula is C24H40O3. The number of methoxy groups -OCH3 is 1. The van der Waals surface area contributed by atoms with Gasteiger partial charge >= 0.3 is 0 Å². The van der Waals surface area contributed by atoms with Crippen molar-refractivity contribution < 1.29 is 14.6 Å². The van der Waals surface area contributed by atoms with E-state index >= 15 is 0 Å². The smallest absolute Gasteiger partial charge is 0.0921 e. The number of hydrogen-bond donors (Lipinski definition) is 1. The van der Waals surface area contributed by atoms with Crippen molar-refractivity contribution >= 4 is 0 Å². The molecular weight excluding hydrogens is 336 g/mol. The standard InChI is InChI=1S/C24H40O3/c1-22-11-9-18-17-10-12-24(25,15-26-3)13-16(17)7-8-19(18)20(22)5-4-6-21(22)23(2)14-27-23/h16-21,25H,4-15H2,1-3H3/t16-,17+,18-,19-,20+,21+,22+,23?,24-/m1/s1. The van der Waals surface area contributed by atoms with E-state index in [0.717, 1.165) is 55.0 Å². The fourth-order valence-corrected chi connectivity index (χ4v) is 8.88. The number of ether oxygens (including phenoxy) is 2. The zero-order chi connectivity index (χ0) is 18.9. The summed E-state index contributed by atoms with van der Waals surface area (Å²) < 4.78 is 11.3. The minimum atomic E-state index is -0.556. The van der Waals surface area contributed by atoms with Crippen molar-refractivity contribution in [2.75, 3.05) is 20.3 Å². The van der Waals surface area contributed by atoms with Crippen molar-refractivity contribution in [1.82, 2.24) is 0 Å². The van der Waals surface area contributed by atoms with Gasteiger partial charge in [-0.05, 0) is 106 Å². The third-order valence-corrected chi connectivity index (χ3v) is 10.1. The van der Waals surface area contributed by atoms with Crippen LogP contribution in [0.1, 0.15) is 78.1 Å². The van der Waals surface area contributed by atoms with Crippen molar-refractivity contribution in [3.63, 3.8) is 0 Å². The van der Waals surface area contributed by atoms with Crippen LogP contribution in [-0.4, -0.2) is 36.6 Å². The largest absolute Gasteiger partial charge is 0.387 e. The highest BCUT2D eigenvalue weighted by Gasteiger charge is 2.62. The Morgan fingerprint density at radius 3 is 2.48 bits per heavy atom. The number of rotatable bonds is 3. The van der Waals surface area contributed by atoms with Crippen LogP contribution in [0.4, 0.5) is 0 Å². The molecule has 0 aromatic carbocycles. The third-order valence-electron chi connectivity index (χ3n) is 10.1. The molecule has 9 atom stereocenters. The van der Waals surface area contributed by atoms with Gasteiger partial charge in [0.15, 0.2) is 0 Å². The predicted octanol–water partition coefficient (Wildman–Crippen LogP) is 4.81. The molecule has 0 aromatic heterocycles. The molecule has 1 saturated heterocycles. The van der Waals surface area contributed by atoms with Crippen LogP contribution in [0.3, 0.4) is 0 Å². The van der Waals surface area contributed by atoms with Gasteiger partial charge in [0.2, 0.25) is 0 Å². The first-order valence-corrected chi connectivity index (χ1v) is 11.7. The van der Waals surface area contributed by atoms with Crippen molar-refractivity contribution in [2.24, 2.45) is 40.9 Å². The Morgan fingerprint density at radius 2 is 1.74 bits per heavy atom. The molecule has 4 saturated carbocycles. The Hall–Kier alpha value is -0.120. The second-order valence-electron chi connectivity index (χ2n) is 11.5. The van der Waals surface area contributed by atoms with Crippen LogP contribution >= 0.6 is 0 Å². The van der Waals surface area contributed by atoms with Crippen molar-refractivity contribution in [3.8, 4) is 0 Å². The van der Waals surface area contributed by atoms with Gasteiger partial charge in [-0.1, -0.05) is 13.3 Å². The van der Waals surface area contributed by atoms with Gasteiger partial charge in [0, 0.05) is 7.11 Å². The quantitative estimate of drug-likeness (QED) is 0.719. The van der Waals surface area contributed by atoms with E-state index < -0.39 is 5.60 Å². The minimum absolute atomic E-state index is 0.193. The van der Waals surface area contributed by atoms with E-state index in [4.69, 9.17) is 9.47 Å². The average Bonchev–Trinajstić information content (AvgIpc) is 3.38. The van der Waals surface area contributed by atoms with Gasteiger partial charge in [0.25, 0.3) is 0 Å². The van der Waals surface area contributed by atoms with Crippen molar-refractivity contribution in [2.45, 2.75) is 89.3 Å². The fraction of sp³-hybridized carbons (Fsp3) is 1.00. The molecule has 27 heavy (non-hydrogen) atoms. The summed E-state index contributed by atoms with van der Waals surface area (Å²) in [5.74, 6) is 5.13. The summed E-state index contributed by atoms with van der Waals surface area (Å²) >= 11 is 0. The summed E-state index contributed by atoms with van der Waals surface area (Å²) in [6.45, 7) is 6.53. The highest BCUT2D eigenvalue weighted by atomic mass is 16.6. The van der Waals surface area contributed by atoms with Crippen LogP contribution in [0.5, 0.6) is 0 Å². The predicted molar refractivity (Wildman–Crippen MR) is 106 cm³/mol. The number of fused-ring (bicyclic) bond motifs is 5. The highest BCUT2D eigenvalue weighted by molar-refractivity contribution is 5.11. The normalized spacial score (nSPS) is 57.3. The van der Waals surface area contributed by atoms with Crippen LogP contribution < -0.4 is 0 Å². The fourth-order valence-electron chi connectivity index (χ4n) is 8.88. The molecule has 0 bridgehead atoms. The average molecular weight is 377 g/mol. The number of aliphatic hydroxyl groups is 1. The highest BCUT2D eigenvalue weighted by Crippen LogP contribution is 2.66. The first-order chi connectivity index (χ1) is 12.9. The van der Waals surface area contributed by atoms with Gasteiger partial charge in [0.05, 0.1) is 24.4 Å². The monoisotopic (exact) mass is 376 g/mol. The first-order valence-electron chi connectivity index (χ1n) is 11.7. The number of epoxide rings is 1. The van der Waals surface area contributed by atoms with E-state index in [2.05, 4.69) is 13.8 Å². The van der Waals surface area contributed by atoms with Gasteiger partial charge in [-0.3, -0.25) is 0 Å². The second-order valence-corrected chi connectivity index (χ2v) is 11.5. The van der Waals surface area contributed by atoms with Gasteiger partial charge in [-0.25, -0.2) is 0 Å². The zero-order valence-corrected chi connectivity index (χ0v) is 17.7. The van der Waals surface area contributed by atoms with E-state index in [1.54, 1.807) is 7.11 Å². The lowest BCUT2D eigenvalue weighted by molar-refractivity contribution is -0.146. The van der Waals surface area contributed by atoms with Gasteiger partial charge in [0.1, 0.15) is 0 Å². The molecule has 3 nitrogen and oxygen atoms in total. The molecule has 3 heteroatoms. The van der Waals surface area contributed by atoms with Crippen molar-refractivity contribution in [3.05, 3.63) is 0 Å². The lowest BCUT2D eigenvalue weighted by Gasteiger charge is -2.61. The maximum absolute atomic E-state index is 10.9. The molecule has 5 rings (SSSR count). The molecule has 0 radical (unpaired) electrons. The Balaban J connectivity index is 1.35. The second kappa shape index (κ2) is 6.44. The van der Waals surface area contributed by atoms with Crippen molar-refractivity contribution in [1.29, 1.82) is 0 Å². The Bertz CT molecular complexity index is 572. The van der Waals surface area contributed by atoms with E-state index in [9.17, 15) is 5.11 Å². The van der Waals surface area contributed by atoms with Crippen LogP contribution in [-0.2, 0) is 9.47 Å².